The molecule has 2 amide bonds. The molecule has 0 radical (unpaired) electrons. The molecule has 2 aromatic rings. The summed E-state index contributed by atoms with van der Waals surface area (Å²) in [5.74, 6) is 0.663. The van der Waals surface area contributed by atoms with Crippen LogP contribution < -0.4 is 10.1 Å². The van der Waals surface area contributed by atoms with Crippen LogP contribution in [0.3, 0.4) is 0 Å². The predicted octanol–water partition coefficient (Wildman–Crippen LogP) is 4.13. The standard InChI is InChI=1S/C19H27N3O2S/c1-4-21(5-2)12-13-22(15-16-9-8-14-25-16)19(23)20-17-10-6-7-11-18(17)24-3/h6-11,14H,4-5,12-13,15H2,1-3H3,(H,20,23). The summed E-state index contributed by atoms with van der Waals surface area (Å²) < 4.78 is 5.33. The van der Waals surface area contributed by atoms with Crippen LogP contribution in [0, 0.1) is 0 Å². The second-order valence-electron chi connectivity index (χ2n) is 5.66. The number of nitrogens with zero attached hydrogens (tertiary/aromatic N) is 2. The Morgan fingerprint density at radius 1 is 1.12 bits per heavy atom. The highest BCUT2D eigenvalue weighted by atomic mass is 32.1. The third kappa shape index (κ3) is 5.76. The van der Waals surface area contributed by atoms with Crippen LogP contribution >= 0.6 is 11.3 Å². The molecular weight excluding hydrogens is 334 g/mol. The zero-order chi connectivity index (χ0) is 18.1. The number of hydrogen-bond acceptors (Lipinski definition) is 4. The molecule has 6 heteroatoms. The van der Waals surface area contributed by atoms with E-state index < -0.39 is 0 Å². The van der Waals surface area contributed by atoms with Crippen LogP contribution in [0.4, 0.5) is 10.5 Å². The fourth-order valence-electron chi connectivity index (χ4n) is 2.59. The first kappa shape index (κ1) is 19.3. The lowest BCUT2D eigenvalue weighted by molar-refractivity contribution is 0.194. The molecule has 0 aliphatic heterocycles. The fraction of sp³-hybridized carbons (Fsp3) is 0.421. The van der Waals surface area contributed by atoms with Gasteiger partial charge in [-0.25, -0.2) is 4.79 Å². The highest BCUT2D eigenvalue weighted by Crippen LogP contribution is 2.23. The smallest absolute Gasteiger partial charge is 0.322 e. The largest absolute Gasteiger partial charge is 0.495 e. The molecule has 1 aromatic carbocycles. The number of hydrogen-bond donors (Lipinski definition) is 1. The number of para-hydroxylation sites is 2. The van der Waals surface area contributed by atoms with Gasteiger partial charge in [0.25, 0.3) is 0 Å². The number of anilines is 1. The molecule has 0 saturated heterocycles. The Labute approximate surface area is 154 Å². The molecule has 1 aromatic heterocycles. The van der Waals surface area contributed by atoms with Gasteiger partial charge < -0.3 is 19.9 Å². The fourth-order valence-corrected chi connectivity index (χ4v) is 3.31. The van der Waals surface area contributed by atoms with Crippen LogP contribution in [0.2, 0.25) is 0 Å². The number of carbonyl (C=O) groups excluding carboxylic acids is 1. The molecule has 0 saturated carbocycles. The average molecular weight is 362 g/mol. The highest BCUT2D eigenvalue weighted by Gasteiger charge is 2.17. The summed E-state index contributed by atoms with van der Waals surface area (Å²) in [6, 6.07) is 11.4. The van der Waals surface area contributed by atoms with Crippen molar-refractivity contribution in [3.63, 3.8) is 0 Å². The van der Waals surface area contributed by atoms with Crippen molar-refractivity contribution >= 4 is 23.1 Å². The number of urea groups is 1. The van der Waals surface area contributed by atoms with Gasteiger partial charge in [0.2, 0.25) is 0 Å². The number of nitrogens with one attached hydrogen (secondary N) is 1. The van der Waals surface area contributed by atoms with Crippen molar-refractivity contribution in [2.45, 2.75) is 20.4 Å². The van der Waals surface area contributed by atoms with Crippen LogP contribution in [0.25, 0.3) is 0 Å². The Hall–Kier alpha value is -2.05. The van der Waals surface area contributed by atoms with Gasteiger partial charge in [0.05, 0.1) is 19.3 Å². The van der Waals surface area contributed by atoms with Crippen LogP contribution in [-0.4, -0.2) is 49.1 Å². The van der Waals surface area contributed by atoms with Gasteiger partial charge in [-0.3, -0.25) is 0 Å². The van der Waals surface area contributed by atoms with Gasteiger partial charge in [-0.1, -0.05) is 32.0 Å². The topological polar surface area (TPSA) is 44.8 Å². The third-order valence-corrected chi connectivity index (χ3v) is 5.00. The summed E-state index contributed by atoms with van der Waals surface area (Å²) in [5, 5.41) is 5.02. The first-order valence-corrected chi connectivity index (χ1v) is 9.49. The summed E-state index contributed by atoms with van der Waals surface area (Å²) in [6.45, 7) is 8.40. The van der Waals surface area contributed by atoms with E-state index >= 15 is 0 Å². The van der Waals surface area contributed by atoms with Crippen molar-refractivity contribution in [2.75, 3.05) is 38.6 Å². The molecule has 1 heterocycles. The molecule has 0 bridgehead atoms. The van der Waals surface area contributed by atoms with Crippen molar-refractivity contribution < 1.29 is 9.53 Å². The number of thiophene rings is 1. The maximum absolute atomic E-state index is 12.8. The molecule has 0 aliphatic rings. The van der Waals surface area contributed by atoms with E-state index in [9.17, 15) is 4.79 Å². The second kappa shape index (κ2) is 10.1. The van der Waals surface area contributed by atoms with E-state index in [1.165, 1.54) is 4.88 Å². The molecule has 0 fully saturated rings. The van der Waals surface area contributed by atoms with Gasteiger partial charge in [0.15, 0.2) is 0 Å². The number of carbonyl (C=O) groups is 1. The molecule has 2 rings (SSSR count). The number of rotatable bonds is 9. The van der Waals surface area contributed by atoms with E-state index in [2.05, 4.69) is 30.1 Å². The van der Waals surface area contributed by atoms with E-state index in [1.54, 1.807) is 18.4 Å². The minimum absolute atomic E-state index is 0.106. The zero-order valence-electron chi connectivity index (χ0n) is 15.2. The Bertz CT molecular complexity index is 642. The summed E-state index contributed by atoms with van der Waals surface area (Å²) in [5.41, 5.74) is 0.689. The number of amides is 2. The molecule has 0 spiro atoms. The van der Waals surface area contributed by atoms with E-state index in [0.717, 1.165) is 19.6 Å². The molecule has 25 heavy (non-hydrogen) atoms. The summed E-state index contributed by atoms with van der Waals surface area (Å²) in [4.78, 5) is 18.2. The van der Waals surface area contributed by atoms with E-state index in [0.29, 0.717) is 24.5 Å². The predicted molar refractivity (Wildman–Crippen MR) is 105 cm³/mol. The maximum Gasteiger partial charge on any atom is 0.322 e. The Kier molecular flexibility index (Phi) is 7.76. The van der Waals surface area contributed by atoms with Crippen LogP contribution in [-0.2, 0) is 6.54 Å². The SMILES string of the molecule is CCN(CC)CCN(Cc1cccs1)C(=O)Nc1ccccc1OC. The molecule has 1 N–H and O–H groups in total. The quantitative estimate of drug-likeness (QED) is 0.730. The van der Waals surface area contributed by atoms with Crippen LogP contribution in [0.5, 0.6) is 5.75 Å². The molecule has 5 nitrogen and oxygen atoms in total. The number of benzene rings is 1. The average Bonchev–Trinajstić information content (AvgIpc) is 3.15. The Balaban J connectivity index is 2.08. The van der Waals surface area contributed by atoms with E-state index in [4.69, 9.17) is 4.74 Å². The highest BCUT2D eigenvalue weighted by molar-refractivity contribution is 7.09. The molecular formula is C19H27N3O2S. The molecule has 0 atom stereocenters. The van der Waals surface area contributed by atoms with Gasteiger partial charge in [-0.15, -0.1) is 11.3 Å². The number of methoxy groups -OCH3 is 1. The molecule has 0 aliphatic carbocycles. The normalized spacial score (nSPS) is 10.7. The van der Waals surface area contributed by atoms with Crippen molar-refractivity contribution in [2.24, 2.45) is 0 Å². The van der Waals surface area contributed by atoms with Crippen LogP contribution in [0.1, 0.15) is 18.7 Å². The number of ether oxygens (including phenoxy) is 1. The van der Waals surface area contributed by atoms with Gasteiger partial charge in [-0.05, 0) is 36.7 Å². The minimum Gasteiger partial charge on any atom is -0.495 e. The molecule has 136 valence electrons. The number of likely N-dealkylation sites (N-methyl/N-ethyl adjacent to an activating group) is 1. The Morgan fingerprint density at radius 2 is 1.88 bits per heavy atom. The minimum atomic E-state index is -0.106. The van der Waals surface area contributed by atoms with Crippen molar-refractivity contribution in [1.82, 2.24) is 9.80 Å². The van der Waals surface area contributed by atoms with Gasteiger partial charge >= 0.3 is 6.03 Å². The zero-order valence-corrected chi connectivity index (χ0v) is 16.0. The summed E-state index contributed by atoms with van der Waals surface area (Å²) in [7, 11) is 1.61. The third-order valence-electron chi connectivity index (χ3n) is 4.14. The molecule has 0 unspecified atom stereocenters. The second-order valence-corrected chi connectivity index (χ2v) is 6.69. The van der Waals surface area contributed by atoms with Crippen molar-refractivity contribution in [3.8, 4) is 5.75 Å². The van der Waals surface area contributed by atoms with Crippen molar-refractivity contribution in [3.05, 3.63) is 46.7 Å². The van der Waals surface area contributed by atoms with Crippen LogP contribution in [0.15, 0.2) is 41.8 Å². The monoisotopic (exact) mass is 361 g/mol. The van der Waals surface area contributed by atoms with E-state index in [1.807, 2.05) is 40.6 Å². The lowest BCUT2D eigenvalue weighted by Gasteiger charge is -2.26. The summed E-state index contributed by atoms with van der Waals surface area (Å²) >= 11 is 1.67. The lowest BCUT2D eigenvalue weighted by atomic mass is 10.3. The van der Waals surface area contributed by atoms with Gasteiger partial charge in [-0.2, -0.15) is 0 Å². The van der Waals surface area contributed by atoms with Crippen molar-refractivity contribution in [1.29, 1.82) is 0 Å². The van der Waals surface area contributed by atoms with Gasteiger partial charge in [0, 0.05) is 18.0 Å². The van der Waals surface area contributed by atoms with Gasteiger partial charge in [0.1, 0.15) is 5.75 Å². The first-order chi connectivity index (χ1) is 12.2. The summed E-state index contributed by atoms with van der Waals surface area (Å²) in [6.07, 6.45) is 0. The van der Waals surface area contributed by atoms with E-state index in [-0.39, 0.29) is 6.03 Å². The lowest BCUT2D eigenvalue weighted by Crippen LogP contribution is -2.40. The Morgan fingerprint density at radius 3 is 2.52 bits per heavy atom. The first-order valence-electron chi connectivity index (χ1n) is 8.61. The maximum atomic E-state index is 12.8.